The van der Waals surface area contributed by atoms with Gasteiger partial charge < -0.3 is 5.32 Å². The molecule has 0 amide bonds. The number of nitrogens with zero attached hydrogens (tertiary/aromatic N) is 1. The van der Waals surface area contributed by atoms with Gasteiger partial charge in [0, 0.05) is 27.8 Å². The Hall–Kier alpha value is -0.800. The second kappa shape index (κ2) is 6.58. The molecule has 1 heterocycles. The van der Waals surface area contributed by atoms with Crippen molar-refractivity contribution in [2.24, 2.45) is 0 Å². The van der Waals surface area contributed by atoms with Crippen LogP contribution < -0.4 is 5.32 Å². The second-order valence-electron chi connectivity index (χ2n) is 4.62. The van der Waals surface area contributed by atoms with Gasteiger partial charge in [0.05, 0.1) is 10.5 Å². The van der Waals surface area contributed by atoms with Crippen LogP contribution in [0.1, 0.15) is 32.4 Å². The molecule has 0 bridgehead atoms. The Morgan fingerprint density at radius 2 is 2.00 bits per heavy atom. The Morgan fingerprint density at radius 1 is 1.21 bits per heavy atom. The van der Waals surface area contributed by atoms with Crippen molar-refractivity contribution in [3.05, 3.63) is 33.4 Å². The van der Waals surface area contributed by atoms with Gasteiger partial charge in [0.15, 0.2) is 0 Å². The third-order valence-electron chi connectivity index (χ3n) is 2.96. The summed E-state index contributed by atoms with van der Waals surface area (Å²) in [6, 6.07) is 6.11. The minimum Gasteiger partial charge on any atom is -0.384 e. The van der Waals surface area contributed by atoms with E-state index in [1.807, 2.05) is 6.07 Å². The average molecular weight is 342 g/mol. The first-order valence-corrected chi connectivity index (χ1v) is 7.85. The molecule has 0 spiro atoms. The summed E-state index contributed by atoms with van der Waals surface area (Å²) >= 11 is 9.82. The minimum atomic E-state index is 0.696. The van der Waals surface area contributed by atoms with E-state index in [1.165, 1.54) is 0 Å². The van der Waals surface area contributed by atoms with E-state index >= 15 is 0 Å². The first kappa shape index (κ1) is 14.6. The maximum Gasteiger partial charge on any atom is 0.0912 e. The summed E-state index contributed by atoms with van der Waals surface area (Å²) < 4.78 is 0.981. The van der Waals surface area contributed by atoms with Crippen molar-refractivity contribution in [2.75, 3.05) is 11.9 Å². The van der Waals surface area contributed by atoms with Crippen LogP contribution in [-0.4, -0.2) is 11.5 Å². The van der Waals surface area contributed by atoms with Crippen LogP contribution in [0.25, 0.3) is 10.9 Å². The lowest BCUT2D eigenvalue weighted by Crippen LogP contribution is -2.03. The minimum absolute atomic E-state index is 0.696. The molecular weight excluding hydrogens is 324 g/mol. The fourth-order valence-corrected chi connectivity index (χ4v) is 2.95. The first-order chi connectivity index (χ1) is 9.15. The van der Waals surface area contributed by atoms with Crippen LogP contribution >= 0.6 is 27.5 Å². The van der Waals surface area contributed by atoms with E-state index in [1.54, 1.807) is 0 Å². The summed E-state index contributed by atoms with van der Waals surface area (Å²) in [4.78, 5) is 4.68. The van der Waals surface area contributed by atoms with Crippen molar-refractivity contribution in [2.45, 2.75) is 33.1 Å². The van der Waals surface area contributed by atoms with Gasteiger partial charge in [-0.1, -0.05) is 47.8 Å². The number of pyridine rings is 1. The largest absolute Gasteiger partial charge is 0.384 e. The van der Waals surface area contributed by atoms with E-state index in [2.05, 4.69) is 52.2 Å². The molecule has 4 heteroatoms. The molecular formula is C15H18BrClN2. The molecule has 0 saturated heterocycles. The van der Waals surface area contributed by atoms with Gasteiger partial charge in [-0.15, -0.1) is 0 Å². The summed E-state index contributed by atoms with van der Waals surface area (Å²) in [6.07, 6.45) is 3.15. The predicted molar refractivity (Wildman–Crippen MR) is 87.2 cm³/mol. The molecule has 2 nitrogen and oxygen atoms in total. The predicted octanol–water partition coefficient (Wildman–Crippen LogP) is 5.43. The van der Waals surface area contributed by atoms with E-state index in [0.29, 0.717) is 5.02 Å². The zero-order valence-corrected chi connectivity index (χ0v) is 13.6. The molecule has 1 aromatic carbocycles. The Kier molecular flexibility index (Phi) is 5.06. The number of benzene rings is 1. The molecule has 0 aliphatic carbocycles. The number of anilines is 1. The highest BCUT2D eigenvalue weighted by molar-refractivity contribution is 9.10. The van der Waals surface area contributed by atoms with E-state index in [0.717, 1.165) is 52.6 Å². The molecule has 1 N–H and O–H groups in total. The van der Waals surface area contributed by atoms with Gasteiger partial charge in [0.2, 0.25) is 0 Å². The highest BCUT2D eigenvalue weighted by atomic mass is 79.9. The van der Waals surface area contributed by atoms with Gasteiger partial charge in [0.1, 0.15) is 0 Å². The number of rotatable bonds is 5. The average Bonchev–Trinajstić information content (AvgIpc) is 2.37. The smallest absolute Gasteiger partial charge is 0.0912 e. The maximum absolute atomic E-state index is 6.32. The van der Waals surface area contributed by atoms with Crippen molar-refractivity contribution < 1.29 is 0 Å². The molecule has 19 heavy (non-hydrogen) atoms. The zero-order chi connectivity index (χ0) is 13.8. The summed E-state index contributed by atoms with van der Waals surface area (Å²) in [6.45, 7) is 5.27. The van der Waals surface area contributed by atoms with Crippen LogP contribution in [-0.2, 0) is 6.42 Å². The van der Waals surface area contributed by atoms with Crippen molar-refractivity contribution in [1.29, 1.82) is 0 Å². The van der Waals surface area contributed by atoms with E-state index in [4.69, 9.17) is 11.6 Å². The van der Waals surface area contributed by atoms with Crippen LogP contribution in [0.5, 0.6) is 0 Å². The third-order valence-corrected chi connectivity index (χ3v) is 3.70. The van der Waals surface area contributed by atoms with E-state index in [9.17, 15) is 0 Å². The first-order valence-electron chi connectivity index (χ1n) is 6.68. The number of hydrogen-bond donors (Lipinski definition) is 1. The Morgan fingerprint density at radius 3 is 2.68 bits per heavy atom. The van der Waals surface area contributed by atoms with Gasteiger partial charge in [-0.25, -0.2) is 0 Å². The SMILES string of the molecule is CCCNc1cc(CCC)nc2c(Cl)cc(Br)cc12. The standard InChI is InChI=1S/C15H18BrClN2/c1-3-5-11-9-14(18-6-4-2)12-7-10(16)8-13(17)15(12)19-11/h7-9H,3-6H2,1-2H3,(H,18,19). The fourth-order valence-electron chi connectivity index (χ4n) is 2.10. The number of fused-ring (bicyclic) bond motifs is 1. The van der Waals surface area contributed by atoms with Gasteiger partial charge in [-0.3, -0.25) is 4.98 Å². The topological polar surface area (TPSA) is 24.9 Å². The second-order valence-corrected chi connectivity index (χ2v) is 5.94. The lowest BCUT2D eigenvalue weighted by Gasteiger charge is -2.12. The van der Waals surface area contributed by atoms with Crippen LogP contribution in [0, 0.1) is 0 Å². The summed E-state index contributed by atoms with van der Waals surface area (Å²) in [7, 11) is 0. The molecule has 0 unspecified atom stereocenters. The fraction of sp³-hybridized carbons (Fsp3) is 0.400. The lowest BCUT2D eigenvalue weighted by atomic mass is 10.1. The number of aromatic nitrogens is 1. The zero-order valence-electron chi connectivity index (χ0n) is 11.3. The molecule has 0 saturated carbocycles. The maximum atomic E-state index is 6.32. The normalized spacial score (nSPS) is 10.9. The molecule has 102 valence electrons. The molecule has 2 rings (SSSR count). The van der Waals surface area contributed by atoms with Crippen LogP contribution in [0.15, 0.2) is 22.7 Å². The summed E-state index contributed by atoms with van der Waals surface area (Å²) in [5.74, 6) is 0. The van der Waals surface area contributed by atoms with Crippen molar-refractivity contribution in [3.8, 4) is 0 Å². The number of halogens is 2. The lowest BCUT2D eigenvalue weighted by molar-refractivity contribution is 0.889. The summed E-state index contributed by atoms with van der Waals surface area (Å²) in [5.41, 5.74) is 3.10. The van der Waals surface area contributed by atoms with Crippen molar-refractivity contribution >= 4 is 44.1 Å². The monoisotopic (exact) mass is 340 g/mol. The molecule has 0 aliphatic rings. The van der Waals surface area contributed by atoms with Crippen LogP contribution in [0.4, 0.5) is 5.69 Å². The van der Waals surface area contributed by atoms with E-state index in [-0.39, 0.29) is 0 Å². The quantitative estimate of drug-likeness (QED) is 0.785. The van der Waals surface area contributed by atoms with E-state index < -0.39 is 0 Å². The summed E-state index contributed by atoms with van der Waals surface area (Å²) in [5, 5.41) is 5.24. The van der Waals surface area contributed by atoms with Gasteiger partial charge >= 0.3 is 0 Å². The van der Waals surface area contributed by atoms with Gasteiger partial charge in [0.25, 0.3) is 0 Å². The molecule has 0 aliphatic heterocycles. The Bertz CT molecular complexity index is 584. The third kappa shape index (κ3) is 3.40. The van der Waals surface area contributed by atoms with Gasteiger partial charge in [-0.05, 0) is 31.0 Å². The molecule has 1 aromatic heterocycles. The Balaban J connectivity index is 2.60. The molecule has 0 atom stereocenters. The molecule has 0 fully saturated rings. The molecule has 2 aromatic rings. The van der Waals surface area contributed by atoms with Crippen molar-refractivity contribution in [3.63, 3.8) is 0 Å². The van der Waals surface area contributed by atoms with Crippen molar-refractivity contribution in [1.82, 2.24) is 4.98 Å². The van der Waals surface area contributed by atoms with Crippen LogP contribution in [0.3, 0.4) is 0 Å². The highest BCUT2D eigenvalue weighted by Crippen LogP contribution is 2.32. The molecule has 0 radical (unpaired) electrons. The highest BCUT2D eigenvalue weighted by Gasteiger charge is 2.09. The number of aryl methyl sites for hydroxylation is 1. The van der Waals surface area contributed by atoms with Gasteiger partial charge in [-0.2, -0.15) is 0 Å². The van der Waals surface area contributed by atoms with Crippen LogP contribution in [0.2, 0.25) is 5.02 Å². The number of hydrogen-bond acceptors (Lipinski definition) is 2. The number of nitrogens with one attached hydrogen (secondary N) is 1. The Labute approximate surface area is 127 Å².